The molecule has 0 heterocycles. The quantitative estimate of drug-likeness (QED) is 0.0987. The first-order valence-corrected chi connectivity index (χ1v) is 10.2. The van der Waals surface area contributed by atoms with Crippen LogP contribution >= 0.6 is 12.6 Å². The fourth-order valence-electron chi connectivity index (χ4n) is 2.36. The highest BCUT2D eigenvalue weighted by Crippen LogP contribution is 2.02. The number of hydrogen-bond donors (Lipinski definition) is 9. The number of unbranched alkanes of at least 4 members (excludes halogenated alkanes) is 1. The van der Waals surface area contributed by atoms with Crippen molar-refractivity contribution < 1.29 is 29.7 Å². The lowest BCUT2D eigenvalue weighted by Crippen LogP contribution is -2.60. The summed E-state index contributed by atoms with van der Waals surface area (Å²) in [5, 5.41) is 35.8. The van der Waals surface area contributed by atoms with Crippen LogP contribution in [-0.2, 0) is 14.4 Å². The highest BCUT2D eigenvalue weighted by molar-refractivity contribution is 7.80. The third-order valence-electron chi connectivity index (χ3n) is 4.29. The number of nitrogens with two attached hydrogens (primary N) is 2. The zero-order chi connectivity index (χ0) is 22.6. The third kappa shape index (κ3) is 10.2. The average Bonchev–Trinajstić information content (AvgIpc) is 2.67. The van der Waals surface area contributed by atoms with E-state index in [-0.39, 0.29) is 5.75 Å². The number of hydrogen-bond acceptors (Lipinski definition) is 9. The van der Waals surface area contributed by atoms with Gasteiger partial charge < -0.3 is 42.7 Å². The van der Waals surface area contributed by atoms with Crippen molar-refractivity contribution in [2.24, 2.45) is 11.5 Å². The minimum absolute atomic E-state index is 0.0887. The molecule has 0 aliphatic rings. The van der Waals surface area contributed by atoms with Crippen molar-refractivity contribution in [2.75, 3.05) is 18.9 Å². The Morgan fingerprint density at radius 1 is 0.966 bits per heavy atom. The molecule has 12 heteroatoms. The van der Waals surface area contributed by atoms with Crippen molar-refractivity contribution in [3.8, 4) is 0 Å². The second-order valence-electron chi connectivity index (χ2n) is 6.90. The van der Waals surface area contributed by atoms with Crippen molar-refractivity contribution in [3.05, 3.63) is 0 Å². The Hall–Kier alpha value is -1.44. The normalized spacial score (nSPS) is 17.4. The number of nitrogens with one attached hydrogen (secondary N) is 3. The largest absolute Gasteiger partial charge is 0.394 e. The van der Waals surface area contributed by atoms with Gasteiger partial charge in [0.1, 0.15) is 12.1 Å². The minimum Gasteiger partial charge on any atom is -0.394 e. The summed E-state index contributed by atoms with van der Waals surface area (Å²) < 4.78 is 0. The van der Waals surface area contributed by atoms with Gasteiger partial charge in [-0.3, -0.25) is 14.4 Å². The van der Waals surface area contributed by atoms with Crippen LogP contribution in [-0.4, -0.2) is 88.3 Å². The zero-order valence-corrected chi connectivity index (χ0v) is 17.8. The van der Waals surface area contributed by atoms with Crippen molar-refractivity contribution in [2.45, 2.75) is 69.5 Å². The van der Waals surface area contributed by atoms with E-state index < -0.39 is 60.7 Å². The van der Waals surface area contributed by atoms with Crippen molar-refractivity contribution in [3.63, 3.8) is 0 Å². The van der Waals surface area contributed by atoms with Gasteiger partial charge in [0.2, 0.25) is 17.7 Å². The van der Waals surface area contributed by atoms with Gasteiger partial charge in [0.25, 0.3) is 0 Å². The molecule has 0 aliphatic heterocycles. The molecule has 0 aromatic rings. The molecular formula is C17H35N5O6S. The molecule has 0 spiro atoms. The van der Waals surface area contributed by atoms with Crippen LogP contribution < -0.4 is 27.4 Å². The van der Waals surface area contributed by atoms with Gasteiger partial charge in [0.05, 0.1) is 30.9 Å². The maximum Gasteiger partial charge on any atom is 0.245 e. The van der Waals surface area contributed by atoms with Crippen LogP contribution in [0, 0.1) is 0 Å². The van der Waals surface area contributed by atoms with Gasteiger partial charge in [-0.05, 0) is 33.2 Å². The van der Waals surface area contributed by atoms with Crippen LogP contribution in [0.4, 0.5) is 0 Å². The highest BCUT2D eigenvalue weighted by atomic mass is 32.1. The number of rotatable bonds is 14. The molecule has 0 aliphatic carbocycles. The molecule has 10 N–H and O–H groups in total. The van der Waals surface area contributed by atoms with Gasteiger partial charge in [0.15, 0.2) is 0 Å². The Bertz CT molecular complexity index is 523. The smallest absolute Gasteiger partial charge is 0.245 e. The first-order chi connectivity index (χ1) is 13.6. The van der Waals surface area contributed by atoms with E-state index in [1.54, 1.807) is 0 Å². The van der Waals surface area contributed by atoms with Crippen molar-refractivity contribution in [1.29, 1.82) is 0 Å². The zero-order valence-electron chi connectivity index (χ0n) is 16.9. The Kier molecular flexibility index (Phi) is 13.8. The predicted molar refractivity (Wildman–Crippen MR) is 111 cm³/mol. The summed E-state index contributed by atoms with van der Waals surface area (Å²) in [6.07, 6.45) is -0.525. The lowest BCUT2D eigenvalue weighted by atomic mass is 10.1. The first kappa shape index (κ1) is 27.6. The average molecular weight is 438 g/mol. The maximum absolute atomic E-state index is 12.5. The number of amides is 3. The van der Waals surface area contributed by atoms with Crippen molar-refractivity contribution in [1.82, 2.24) is 16.0 Å². The molecular weight excluding hydrogens is 402 g/mol. The SMILES string of the molecule is CC(O)C(CO)NC(=O)C(CS)NC(=O)C(NC(=O)C(N)CCCCN)C(C)O. The Labute approximate surface area is 176 Å². The number of aliphatic hydroxyl groups is 3. The van der Waals surface area contributed by atoms with Gasteiger partial charge in [-0.25, -0.2) is 0 Å². The molecule has 11 nitrogen and oxygen atoms in total. The second-order valence-corrected chi connectivity index (χ2v) is 7.26. The van der Waals surface area contributed by atoms with Crippen LogP contribution in [0.2, 0.25) is 0 Å². The summed E-state index contributed by atoms with van der Waals surface area (Å²) >= 11 is 4.02. The standard InChI is InChI=1S/C17H35N5O6S/c1-9(24)12(7-23)20-16(27)13(8-29)21-17(28)14(10(2)25)22-15(26)11(19)5-3-4-6-18/h9-14,23-25,29H,3-8,18-19H2,1-2H3,(H,20,27)(H,21,28)(H,22,26). The first-order valence-electron chi connectivity index (χ1n) is 9.53. The van der Waals surface area contributed by atoms with Crippen LogP contribution in [0.5, 0.6) is 0 Å². The van der Waals surface area contributed by atoms with Crippen LogP contribution in [0.25, 0.3) is 0 Å². The lowest BCUT2D eigenvalue weighted by molar-refractivity contribution is -0.134. The fraction of sp³-hybridized carbons (Fsp3) is 0.824. The molecule has 3 amide bonds. The number of thiol groups is 1. The van der Waals surface area contributed by atoms with E-state index >= 15 is 0 Å². The summed E-state index contributed by atoms with van der Waals surface area (Å²) in [7, 11) is 0. The molecule has 0 fully saturated rings. The molecule has 0 aromatic heterocycles. The van der Waals surface area contributed by atoms with Crippen LogP contribution in [0.1, 0.15) is 33.1 Å². The Morgan fingerprint density at radius 3 is 2.03 bits per heavy atom. The Morgan fingerprint density at radius 2 is 1.59 bits per heavy atom. The number of aliphatic hydroxyl groups excluding tert-OH is 3. The second kappa shape index (κ2) is 14.5. The minimum atomic E-state index is -1.33. The third-order valence-corrected chi connectivity index (χ3v) is 4.66. The molecule has 0 rings (SSSR count). The van der Waals surface area contributed by atoms with Gasteiger partial charge in [-0.15, -0.1) is 0 Å². The molecule has 29 heavy (non-hydrogen) atoms. The summed E-state index contributed by atoms with van der Waals surface area (Å²) in [5.74, 6) is -2.17. The topological polar surface area (TPSA) is 200 Å². The molecule has 0 aromatic carbocycles. The van der Waals surface area contributed by atoms with Gasteiger partial charge >= 0.3 is 0 Å². The van der Waals surface area contributed by atoms with Crippen molar-refractivity contribution >= 4 is 30.4 Å². The lowest BCUT2D eigenvalue weighted by Gasteiger charge is -2.26. The van der Waals surface area contributed by atoms with Gasteiger partial charge in [-0.1, -0.05) is 6.42 Å². The van der Waals surface area contributed by atoms with E-state index in [1.165, 1.54) is 13.8 Å². The van der Waals surface area contributed by atoms with Crippen LogP contribution in [0.15, 0.2) is 0 Å². The number of carbonyl (C=O) groups excluding carboxylic acids is 3. The molecule has 0 radical (unpaired) electrons. The summed E-state index contributed by atoms with van der Waals surface area (Å²) in [5.41, 5.74) is 11.2. The summed E-state index contributed by atoms with van der Waals surface area (Å²) in [6, 6.07) is -4.23. The molecule has 170 valence electrons. The van der Waals surface area contributed by atoms with Gasteiger partial charge in [0, 0.05) is 5.75 Å². The monoisotopic (exact) mass is 437 g/mol. The van der Waals surface area contributed by atoms with E-state index in [0.29, 0.717) is 25.8 Å². The highest BCUT2D eigenvalue weighted by Gasteiger charge is 2.31. The van der Waals surface area contributed by atoms with E-state index in [9.17, 15) is 29.7 Å². The summed E-state index contributed by atoms with van der Waals surface area (Å²) in [6.45, 7) is 2.69. The van der Waals surface area contributed by atoms with E-state index in [4.69, 9.17) is 11.5 Å². The van der Waals surface area contributed by atoms with Gasteiger partial charge in [-0.2, -0.15) is 12.6 Å². The molecule has 6 atom stereocenters. The predicted octanol–water partition coefficient (Wildman–Crippen LogP) is -3.42. The number of carbonyl (C=O) groups is 3. The van der Waals surface area contributed by atoms with E-state index in [0.717, 1.165) is 0 Å². The molecule has 6 unspecified atom stereocenters. The van der Waals surface area contributed by atoms with E-state index in [1.807, 2.05) is 0 Å². The fourth-order valence-corrected chi connectivity index (χ4v) is 2.62. The van der Waals surface area contributed by atoms with Crippen LogP contribution in [0.3, 0.4) is 0 Å². The molecule has 0 bridgehead atoms. The van der Waals surface area contributed by atoms with E-state index in [2.05, 4.69) is 28.6 Å². The molecule has 0 saturated carbocycles. The maximum atomic E-state index is 12.5. The molecule has 0 saturated heterocycles. The Balaban J connectivity index is 4.97. The summed E-state index contributed by atoms with van der Waals surface area (Å²) in [4.78, 5) is 37.0.